The lowest BCUT2D eigenvalue weighted by atomic mass is 9.86. The van der Waals surface area contributed by atoms with Gasteiger partial charge >= 0.3 is 0 Å². The Hall–Kier alpha value is -4.80. The average molecular weight is 603 g/mol. The molecule has 10 nitrogen and oxygen atoms in total. The van der Waals surface area contributed by atoms with Crippen molar-refractivity contribution in [1.29, 1.82) is 0 Å². The number of amides is 4. The van der Waals surface area contributed by atoms with Gasteiger partial charge in [-0.3, -0.25) is 29.0 Å². The monoisotopic (exact) mass is 602 g/mol. The Bertz CT molecular complexity index is 2020. The van der Waals surface area contributed by atoms with Gasteiger partial charge in [-0.05, 0) is 63.4 Å². The van der Waals surface area contributed by atoms with Gasteiger partial charge < -0.3 is 19.6 Å². The number of nitrogens with zero attached hydrogens (tertiary/aromatic N) is 6. The van der Waals surface area contributed by atoms with Crippen LogP contribution in [0.3, 0.4) is 0 Å². The molecule has 0 spiro atoms. The normalized spacial score (nSPS) is 16.9. The number of carbonyl (C=O) groups excluding carboxylic acids is 4. The molecule has 10 heteroatoms. The Morgan fingerprint density at radius 1 is 0.622 bits per heavy atom. The number of carbonyl (C=O) groups is 4. The van der Waals surface area contributed by atoms with Crippen LogP contribution >= 0.6 is 0 Å². The van der Waals surface area contributed by atoms with Gasteiger partial charge in [-0.15, -0.1) is 0 Å². The summed E-state index contributed by atoms with van der Waals surface area (Å²) in [5.41, 5.74) is 6.31. The number of hydrogen-bond acceptors (Lipinski definition) is 8. The second-order valence-corrected chi connectivity index (χ2v) is 13.0. The molecular weight excluding hydrogens is 568 g/mol. The highest BCUT2D eigenvalue weighted by molar-refractivity contribution is 6.28. The fraction of sp³-hybridized carbons (Fsp3) is 0.314. The Morgan fingerprint density at radius 3 is 1.76 bits per heavy atom. The van der Waals surface area contributed by atoms with Crippen molar-refractivity contribution < 1.29 is 19.2 Å². The molecule has 0 N–H and O–H groups in total. The summed E-state index contributed by atoms with van der Waals surface area (Å²) in [6.45, 7) is 3.54. The standard InChI is InChI=1S/C35H34N6O4/c1-36(2)11-13-40-33(43)24-10-6-8-22-30(24)25(34(40)44)15-20-17-38-19-39(31(20)22)18-27-21-7-5-9-23-29(21)26(16-28(27)38)35(45)41(32(23)42)14-12-37(3)4/h5-10,15-16H,11-14,17-19H2,1-4H3. The van der Waals surface area contributed by atoms with Crippen molar-refractivity contribution in [1.82, 2.24) is 19.6 Å². The van der Waals surface area contributed by atoms with Crippen molar-refractivity contribution in [3.8, 4) is 0 Å². The van der Waals surface area contributed by atoms with Crippen LogP contribution in [-0.2, 0) is 13.1 Å². The molecule has 4 aromatic rings. The van der Waals surface area contributed by atoms with Crippen LogP contribution in [0.25, 0.3) is 21.5 Å². The number of likely N-dealkylation sites (N-methyl/N-ethyl adjacent to an activating group) is 2. The molecule has 0 aromatic heterocycles. The van der Waals surface area contributed by atoms with Crippen LogP contribution in [0, 0.1) is 0 Å². The zero-order valence-corrected chi connectivity index (χ0v) is 25.9. The summed E-state index contributed by atoms with van der Waals surface area (Å²) in [5, 5.41) is 3.26. The molecule has 0 unspecified atom stereocenters. The lowest BCUT2D eigenvalue weighted by Gasteiger charge is -2.46. The molecule has 4 aliphatic rings. The van der Waals surface area contributed by atoms with E-state index < -0.39 is 0 Å². The van der Waals surface area contributed by atoms with Gasteiger partial charge in [-0.2, -0.15) is 0 Å². The van der Waals surface area contributed by atoms with E-state index in [9.17, 15) is 19.2 Å². The average Bonchev–Trinajstić information content (AvgIpc) is 3.01. The van der Waals surface area contributed by atoms with E-state index in [1.165, 1.54) is 9.80 Å². The molecule has 0 aliphatic carbocycles. The molecule has 0 radical (unpaired) electrons. The summed E-state index contributed by atoms with van der Waals surface area (Å²) in [7, 11) is 7.70. The number of benzene rings is 4. The van der Waals surface area contributed by atoms with Crippen molar-refractivity contribution >= 4 is 56.5 Å². The molecular formula is C35H34N6O4. The highest BCUT2D eigenvalue weighted by Crippen LogP contribution is 2.47. The van der Waals surface area contributed by atoms with Gasteiger partial charge in [-0.1, -0.05) is 24.3 Å². The van der Waals surface area contributed by atoms with Crippen LogP contribution in [-0.4, -0.2) is 104 Å². The zero-order valence-electron chi connectivity index (χ0n) is 25.9. The van der Waals surface area contributed by atoms with Gasteiger partial charge in [0.05, 0.1) is 17.9 Å². The first kappa shape index (κ1) is 27.7. The second kappa shape index (κ2) is 9.85. The predicted molar refractivity (Wildman–Crippen MR) is 173 cm³/mol. The first-order chi connectivity index (χ1) is 21.6. The minimum absolute atomic E-state index is 0.253. The van der Waals surface area contributed by atoms with E-state index in [4.69, 9.17) is 0 Å². The van der Waals surface area contributed by atoms with Gasteiger partial charge in [0.25, 0.3) is 23.6 Å². The number of imide groups is 2. The smallest absolute Gasteiger partial charge is 0.261 e. The van der Waals surface area contributed by atoms with Gasteiger partial charge in [0.1, 0.15) is 0 Å². The fourth-order valence-corrected chi connectivity index (χ4v) is 7.48. The highest BCUT2D eigenvalue weighted by Gasteiger charge is 2.40. The molecule has 0 atom stereocenters. The number of hydrogen-bond donors (Lipinski definition) is 0. The SMILES string of the molecule is CN(C)CCN1C(=O)c2cccc3c4c(cc(c23)C1=O)N1Cc2cc3c5c(cccc5c2N(C4)C1)C(=O)N(CCN(C)C)C3=O. The third-order valence-electron chi connectivity index (χ3n) is 9.61. The molecule has 4 heterocycles. The molecule has 2 bridgehead atoms. The largest absolute Gasteiger partial charge is 0.349 e. The van der Waals surface area contributed by atoms with Crippen LogP contribution in [0.4, 0.5) is 11.4 Å². The van der Waals surface area contributed by atoms with Crippen molar-refractivity contribution in [2.75, 3.05) is 70.8 Å². The van der Waals surface area contributed by atoms with E-state index in [2.05, 4.69) is 9.80 Å². The quantitative estimate of drug-likeness (QED) is 0.310. The third kappa shape index (κ3) is 3.95. The second-order valence-electron chi connectivity index (χ2n) is 13.0. The first-order valence-corrected chi connectivity index (χ1v) is 15.3. The van der Waals surface area contributed by atoms with Crippen LogP contribution in [0.1, 0.15) is 52.6 Å². The fourth-order valence-electron chi connectivity index (χ4n) is 7.48. The Balaban J connectivity index is 1.26. The number of anilines is 2. The molecule has 228 valence electrons. The van der Waals surface area contributed by atoms with Crippen molar-refractivity contribution in [2.24, 2.45) is 0 Å². The highest BCUT2D eigenvalue weighted by atomic mass is 16.2. The Kier molecular flexibility index (Phi) is 6.07. The topological polar surface area (TPSA) is 87.7 Å². The van der Waals surface area contributed by atoms with E-state index in [-0.39, 0.29) is 23.6 Å². The molecule has 8 rings (SSSR count). The van der Waals surface area contributed by atoms with Gasteiger partial charge in [0, 0.05) is 83.4 Å². The maximum atomic E-state index is 13.8. The minimum Gasteiger partial charge on any atom is -0.349 e. The maximum Gasteiger partial charge on any atom is 0.261 e. The van der Waals surface area contributed by atoms with Gasteiger partial charge in [-0.25, -0.2) is 0 Å². The Morgan fingerprint density at radius 2 is 1.16 bits per heavy atom. The molecule has 0 fully saturated rings. The molecule has 4 aliphatic heterocycles. The minimum atomic E-state index is -0.260. The molecule has 45 heavy (non-hydrogen) atoms. The predicted octanol–water partition coefficient (Wildman–Crippen LogP) is 3.61. The number of rotatable bonds is 6. The van der Waals surface area contributed by atoms with Crippen molar-refractivity contribution in [3.05, 3.63) is 81.9 Å². The first-order valence-electron chi connectivity index (χ1n) is 15.3. The van der Waals surface area contributed by atoms with E-state index in [0.29, 0.717) is 68.2 Å². The van der Waals surface area contributed by atoms with E-state index in [1.54, 1.807) is 0 Å². The summed E-state index contributed by atoms with van der Waals surface area (Å²) in [4.78, 5) is 66.0. The molecule has 0 saturated heterocycles. The summed E-state index contributed by atoms with van der Waals surface area (Å²) in [5.74, 6) is -1.03. The lowest BCUT2D eigenvalue weighted by molar-refractivity contribution is 0.0585. The van der Waals surface area contributed by atoms with Crippen LogP contribution in [0.15, 0.2) is 48.5 Å². The third-order valence-corrected chi connectivity index (χ3v) is 9.61. The number of fused-ring (bicyclic) bond motifs is 8. The lowest BCUT2D eigenvalue weighted by Crippen LogP contribution is -2.48. The van der Waals surface area contributed by atoms with E-state index in [0.717, 1.165) is 44.0 Å². The molecule has 0 saturated carbocycles. The zero-order chi connectivity index (χ0) is 31.3. The summed E-state index contributed by atoms with van der Waals surface area (Å²) >= 11 is 0. The summed E-state index contributed by atoms with van der Waals surface area (Å²) < 4.78 is 0. The molecule has 4 amide bonds. The van der Waals surface area contributed by atoms with Crippen LogP contribution < -0.4 is 9.80 Å². The van der Waals surface area contributed by atoms with Gasteiger partial charge in [0.15, 0.2) is 0 Å². The van der Waals surface area contributed by atoms with E-state index >= 15 is 0 Å². The van der Waals surface area contributed by atoms with Gasteiger partial charge in [0.2, 0.25) is 0 Å². The van der Waals surface area contributed by atoms with Crippen molar-refractivity contribution in [2.45, 2.75) is 13.1 Å². The Labute approximate surface area is 261 Å². The maximum absolute atomic E-state index is 13.8. The van der Waals surface area contributed by atoms with Crippen LogP contribution in [0.5, 0.6) is 0 Å². The molecule has 4 aromatic carbocycles. The summed E-state index contributed by atoms with van der Waals surface area (Å²) in [6.07, 6.45) is 0. The summed E-state index contributed by atoms with van der Waals surface area (Å²) in [6, 6.07) is 15.4. The van der Waals surface area contributed by atoms with Crippen LogP contribution in [0.2, 0.25) is 0 Å². The van der Waals surface area contributed by atoms with E-state index in [1.807, 2.05) is 86.5 Å². The van der Waals surface area contributed by atoms with Crippen molar-refractivity contribution in [3.63, 3.8) is 0 Å².